The van der Waals surface area contributed by atoms with Crippen molar-refractivity contribution in [3.05, 3.63) is 60.1 Å². The Kier molecular flexibility index (Phi) is 4.73. The van der Waals surface area contributed by atoms with Gasteiger partial charge in [-0.05, 0) is 44.0 Å². The summed E-state index contributed by atoms with van der Waals surface area (Å²) in [4.78, 5) is 2.55. The van der Waals surface area contributed by atoms with E-state index in [4.69, 9.17) is 4.42 Å². The Labute approximate surface area is 127 Å². The molecule has 1 aromatic carbocycles. The van der Waals surface area contributed by atoms with Crippen LogP contribution in [0, 0.1) is 0 Å². The first kappa shape index (κ1) is 14.4. The highest BCUT2D eigenvalue weighted by Crippen LogP contribution is 2.18. The van der Waals surface area contributed by atoms with E-state index in [1.165, 1.54) is 24.9 Å². The Morgan fingerprint density at radius 2 is 2.10 bits per heavy atom. The molecule has 2 aromatic rings. The third kappa shape index (κ3) is 3.96. The van der Waals surface area contributed by atoms with E-state index in [1.807, 2.05) is 12.1 Å². The summed E-state index contributed by atoms with van der Waals surface area (Å²) in [5, 5.41) is 3.70. The molecule has 3 heteroatoms. The number of rotatable bonds is 5. The average Bonchev–Trinajstić information content (AvgIpc) is 3.03. The lowest BCUT2D eigenvalue weighted by molar-refractivity contribution is 0.174. The summed E-state index contributed by atoms with van der Waals surface area (Å²) in [5.74, 6) is 1.02. The summed E-state index contributed by atoms with van der Waals surface area (Å²) >= 11 is 0. The molecule has 0 saturated carbocycles. The summed E-state index contributed by atoms with van der Waals surface area (Å²) in [6, 6.07) is 15.6. The number of nitrogens with zero attached hydrogens (tertiary/aromatic N) is 1. The monoisotopic (exact) mass is 284 g/mol. The first-order chi connectivity index (χ1) is 10.3. The van der Waals surface area contributed by atoms with Crippen LogP contribution in [0.25, 0.3) is 0 Å². The van der Waals surface area contributed by atoms with Crippen molar-refractivity contribution in [2.75, 3.05) is 13.1 Å². The summed E-state index contributed by atoms with van der Waals surface area (Å²) in [6.07, 6.45) is 4.25. The molecule has 21 heavy (non-hydrogen) atoms. The fourth-order valence-corrected chi connectivity index (χ4v) is 3.15. The van der Waals surface area contributed by atoms with Crippen LogP contribution in [0.4, 0.5) is 0 Å². The van der Waals surface area contributed by atoms with Gasteiger partial charge in [-0.25, -0.2) is 0 Å². The lowest BCUT2D eigenvalue weighted by atomic mass is 10.0. The normalized spacial score (nSPS) is 21.3. The highest BCUT2D eigenvalue weighted by molar-refractivity contribution is 5.14. The van der Waals surface area contributed by atoms with Crippen LogP contribution >= 0.6 is 0 Å². The van der Waals surface area contributed by atoms with E-state index < -0.39 is 0 Å². The van der Waals surface area contributed by atoms with Gasteiger partial charge in [-0.15, -0.1) is 0 Å². The topological polar surface area (TPSA) is 28.4 Å². The summed E-state index contributed by atoms with van der Waals surface area (Å²) in [7, 11) is 0. The summed E-state index contributed by atoms with van der Waals surface area (Å²) in [6.45, 7) is 5.53. The Morgan fingerprint density at radius 3 is 2.86 bits per heavy atom. The van der Waals surface area contributed by atoms with E-state index in [-0.39, 0.29) is 6.04 Å². The molecular formula is C18H24N2O. The van der Waals surface area contributed by atoms with Crippen LogP contribution in [-0.2, 0) is 6.54 Å². The lowest BCUT2D eigenvalue weighted by Crippen LogP contribution is -2.45. The molecule has 0 bridgehead atoms. The van der Waals surface area contributed by atoms with Gasteiger partial charge in [0, 0.05) is 19.1 Å². The van der Waals surface area contributed by atoms with Crippen LogP contribution in [-0.4, -0.2) is 24.0 Å². The molecule has 1 aliphatic rings. The number of likely N-dealkylation sites (tertiary alicyclic amines) is 1. The van der Waals surface area contributed by atoms with Gasteiger partial charge in [-0.2, -0.15) is 0 Å². The molecule has 1 saturated heterocycles. The zero-order valence-electron chi connectivity index (χ0n) is 12.7. The SMILES string of the molecule is C[C@@H](NC1CCCN(Cc2ccccc2)C1)c1ccco1. The standard InChI is InChI=1S/C18H24N2O/c1-15(18-10-6-12-21-18)19-17-9-5-11-20(14-17)13-16-7-3-2-4-8-16/h2-4,6-8,10,12,15,17,19H,5,9,11,13-14H2,1H3/t15-,17?/m1/s1. The van der Waals surface area contributed by atoms with Gasteiger partial charge >= 0.3 is 0 Å². The highest BCUT2D eigenvalue weighted by atomic mass is 16.3. The molecule has 3 rings (SSSR count). The Bertz CT molecular complexity index is 523. The van der Waals surface area contributed by atoms with Gasteiger partial charge in [-0.3, -0.25) is 4.90 Å². The fourth-order valence-electron chi connectivity index (χ4n) is 3.15. The first-order valence-electron chi connectivity index (χ1n) is 7.87. The molecule has 1 N–H and O–H groups in total. The zero-order chi connectivity index (χ0) is 14.5. The second kappa shape index (κ2) is 6.92. The van der Waals surface area contributed by atoms with Gasteiger partial charge in [0.1, 0.15) is 5.76 Å². The van der Waals surface area contributed by atoms with Gasteiger partial charge in [0.15, 0.2) is 0 Å². The second-order valence-electron chi connectivity index (χ2n) is 5.96. The largest absolute Gasteiger partial charge is 0.468 e. The molecule has 1 fully saturated rings. The minimum atomic E-state index is 0.279. The van der Waals surface area contributed by atoms with Crippen molar-refractivity contribution >= 4 is 0 Å². The predicted molar refractivity (Wildman–Crippen MR) is 85.0 cm³/mol. The Balaban J connectivity index is 1.53. The third-order valence-electron chi connectivity index (χ3n) is 4.21. The maximum Gasteiger partial charge on any atom is 0.120 e. The van der Waals surface area contributed by atoms with Crippen LogP contribution in [0.15, 0.2) is 53.1 Å². The molecule has 1 aromatic heterocycles. The molecule has 2 atom stereocenters. The van der Waals surface area contributed by atoms with Gasteiger partial charge in [0.25, 0.3) is 0 Å². The van der Waals surface area contributed by atoms with Crippen molar-refractivity contribution in [3.8, 4) is 0 Å². The summed E-state index contributed by atoms with van der Waals surface area (Å²) < 4.78 is 5.48. The van der Waals surface area contributed by atoms with Gasteiger partial charge in [0.2, 0.25) is 0 Å². The number of hydrogen-bond acceptors (Lipinski definition) is 3. The first-order valence-corrected chi connectivity index (χ1v) is 7.87. The van der Waals surface area contributed by atoms with Crippen molar-refractivity contribution in [2.45, 2.75) is 38.4 Å². The molecule has 1 unspecified atom stereocenters. The molecule has 1 aliphatic heterocycles. The second-order valence-corrected chi connectivity index (χ2v) is 5.96. The highest BCUT2D eigenvalue weighted by Gasteiger charge is 2.22. The van der Waals surface area contributed by atoms with E-state index in [0.29, 0.717) is 6.04 Å². The molecular weight excluding hydrogens is 260 g/mol. The maximum atomic E-state index is 5.48. The molecule has 0 spiro atoms. The quantitative estimate of drug-likeness (QED) is 0.909. The number of nitrogens with one attached hydrogen (secondary N) is 1. The van der Waals surface area contributed by atoms with Crippen molar-refractivity contribution in [2.24, 2.45) is 0 Å². The molecule has 0 aliphatic carbocycles. The van der Waals surface area contributed by atoms with Crippen molar-refractivity contribution in [3.63, 3.8) is 0 Å². The van der Waals surface area contributed by atoms with E-state index >= 15 is 0 Å². The zero-order valence-corrected chi connectivity index (χ0v) is 12.7. The van der Waals surface area contributed by atoms with Crippen LogP contribution in [0.3, 0.4) is 0 Å². The van der Waals surface area contributed by atoms with E-state index in [1.54, 1.807) is 6.26 Å². The van der Waals surface area contributed by atoms with Crippen LogP contribution in [0.2, 0.25) is 0 Å². The minimum absolute atomic E-state index is 0.279. The molecule has 0 radical (unpaired) electrons. The lowest BCUT2D eigenvalue weighted by Gasteiger charge is -2.34. The van der Waals surface area contributed by atoms with Crippen LogP contribution in [0.5, 0.6) is 0 Å². The smallest absolute Gasteiger partial charge is 0.120 e. The molecule has 2 heterocycles. The van der Waals surface area contributed by atoms with Crippen molar-refractivity contribution in [1.82, 2.24) is 10.2 Å². The van der Waals surface area contributed by atoms with Crippen molar-refractivity contribution in [1.29, 1.82) is 0 Å². The van der Waals surface area contributed by atoms with E-state index in [9.17, 15) is 0 Å². The average molecular weight is 284 g/mol. The van der Waals surface area contributed by atoms with Gasteiger partial charge in [-0.1, -0.05) is 30.3 Å². The van der Waals surface area contributed by atoms with Gasteiger partial charge < -0.3 is 9.73 Å². The Hall–Kier alpha value is -1.58. The number of furan rings is 1. The number of piperidine rings is 1. The van der Waals surface area contributed by atoms with Gasteiger partial charge in [0.05, 0.1) is 12.3 Å². The Morgan fingerprint density at radius 1 is 1.24 bits per heavy atom. The minimum Gasteiger partial charge on any atom is -0.468 e. The predicted octanol–water partition coefficient (Wildman–Crippen LogP) is 3.59. The van der Waals surface area contributed by atoms with E-state index in [2.05, 4.69) is 47.5 Å². The third-order valence-corrected chi connectivity index (χ3v) is 4.21. The maximum absolute atomic E-state index is 5.48. The number of benzene rings is 1. The van der Waals surface area contributed by atoms with Crippen molar-refractivity contribution < 1.29 is 4.42 Å². The molecule has 3 nitrogen and oxygen atoms in total. The number of hydrogen-bond donors (Lipinski definition) is 1. The molecule has 0 amide bonds. The van der Waals surface area contributed by atoms with Crippen LogP contribution < -0.4 is 5.32 Å². The summed E-state index contributed by atoms with van der Waals surface area (Å²) in [5.41, 5.74) is 1.40. The molecule has 112 valence electrons. The van der Waals surface area contributed by atoms with Crippen LogP contribution in [0.1, 0.15) is 37.1 Å². The fraction of sp³-hybridized carbons (Fsp3) is 0.444. The van der Waals surface area contributed by atoms with E-state index in [0.717, 1.165) is 18.8 Å².